The van der Waals surface area contributed by atoms with Gasteiger partial charge in [0.1, 0.15) is 0 Å². The van der Waals surface area contributed by atoms with Crippen LogP contribution in [-0.4, -0.2) is 4.98 Å². The fraction of sp³-hybridized carbons (Fsp3) is 0.0784. The van der Waals surface area contributed by atoms with E-state index < -0.39 is 0 Å². The highest BCUT2D eigenvalue weighted by molar-refractivity contribution is 7.25. The summed E-state index contributed by atoms with van der Waals surface area (Å²) in [7, 11) is 0. The van der Waals surface area contributed by atoms with Crippen LogP contribution in [0.5, 0.6) is 0 Å². The summed E-state index contributed by atoms with van der Waals surface area (Å²) in [5.41, 5.74) is 20.9. The molecule has 248 valence electrons. The minimum Gasteiger partial charge on any atom is -0.264 e. The van der Waals surface area contributed by atoms with Crippen LogP contribution >= 0.6 is 11.3 Å². The molecular formula is C51H33NS. The first-order valence-corrected chi connectivity index (χ1v) is 19.3. The van der Waals surface area contributed by atoms with Crippen molar-refractivity contribution < 1.29 is 0 Å². The average molecular weight is 692 g/mol. The van der Waals surface area contributed by atoms with Gasteiger partial charge in [-0.25, -0.2) is 0 Å². The second-order valence-electron chi connectivity index (χ2n) is 15.5. The fourth-order valence-electron chi connectivity index (χ4n) is 10.2. The van der Waals surface area contributed by atoms with Crippen LogP contribution in [0.3, 0.4) is 0 Å². The van der Waals surface area contributed by atoms with Crippen LogP contribution in [-0.2, 0) is 10.8 Å². The van der Waals surface area contributed by atoms with Gasteiger partial charge in [0.2, 0.25) is 0 Å². The molecule has 2 heterocycles. The molecule has 3 aliphatic rings. The minimum atomic E-state index is -0.337. The van der Waals surface area contributed by atoms with Crippen molar-refractivity contribution in [3.8, 4) is 55.6 Å². The molecule has 1 nitrogen and oxygen atoms in total. The number of hydrogen-bond donors (Lipinski definition) is 0. The van der Waals surface area contributed by atoms with Gasteiger partial charge in [-0.1, -0.05) is 123 Å². The maximum atomic E-state index is 4.38. The third-order valence-electron chi connectivity index (χ3n) is 12.6. The zero-order valence-corrected chi connectivity index (χ0v) is 30.3. The molecule has 0 saturated heterocycles. The van der Waals surface area contributed by atoms with Crippen molar-refractivity contribution in [3.63, 3.8) is 0 Å². The lowest BCUT2D eigenvalue weighted by Crippen LogP contribution is -2.25. The highest BCUT2D eigenvalue weighted by atomic mass is 32.1. The fourth-order valence-corrected chi connectivity index (χ4v) is 11.3. The Balaban J connectivity index is 1.03. The van der Waals surface area contributed by atoms with Crippen molar-refractivity contribution in [1.29, 1.82) is 0 Å². The molecule has 2 heteroatoms. The zero-order chi connectivity index (χ0) is 35.1. The predicted molar refractivity (Wildman–Crippen MR) is 222 cm³/mol. The molecule has 3 aliphatic carbocycles. The van der Waals surface area contributed by atoms with E-state index in [0.29, 0.717) is 0 Å². The molecule has 7 aromatic carbocycles. The molecule has 0 atom stereocenters. The highest BCUT2D eigenvalue weighted by Gasteiger charge is 2.51. The summed E-state index contributed by atoms with van der Waals surface area (Å²) in [6.45, 7) is 4.75. The van der Waals surface area contributed by atoms with Crippen molar-refractivity contribution in [2.75, 3.05) is 0 Å². The van der Waals surface area contributed by atoms with Crippen molar-refractivity contribution in [2.45, 2.75) is 24.7 Å². The van der Waals surface area contributed by atoms with Crippen molar-refractivity contribution in [1.82, 2.24) is 4.98 Å². The summed E-state index contributed by atoms with van der Waals surface area (Å²) in [6, 6.07) is 57.6. The van der Waals surface area contributed by atoms with Gasteiger partial charge in [0, 0.05) is 38.0 Å². The molecule has 0 amide bonds. The lowest BCUT2D eigenvalue weighted by molar-refractivity contribution is 0.661. The normalized spacial score (nSPS) is 14.9. The van der Waals surface area contributed by atoms with E-state index in [-0.39, 0.29) is 10.8 Å². The molecule has 0 saturated carbocycles. The standard InChI is InChI=1S/C51H33NS/c1-50(2)45-25-31(17-20-37(45)38-21-18-32(26-46(38)50)33-10-9-23-52-29-33)30-19-22-48-40(24-30)41-27-47-39(28-49(41)53-48)36-13-5-8-16-44(36)51(47)42-14-6-3-11-34(42)35-12-4-7-15-43(35)51/h3-29H,1-2H3. The maximum Gasteiger partial charge on any atom is 0.0725 e. The van der Waals surface area contributed by atoms with Gasteiger partial charge in [0.15, 0.2) is 0 Å². The summed E-state index contributed by atoms with van der Waals surface area (Å²) in [5.74, 6) is 0. The van der Waals surface area contributed by atoms with Crippen LogP contribution in [0.25, 0.3) is 75.8 Å². The lowest BCUT2D eigenvalue weighted by atomic mass is 9.70. The Hall–Kier alpha value is -6.09. The van der Waals surface area contributed by atoms with Crippen LogP contribution in [0.15, 0.2) is 164 Å². The Morgan fingerprint density at radius 1 is 0.396 bits per heavy atom. The zero-order valence-electron chi connectivity index (χ0n) is 29.4. The Morgan fingerprint density at radius 3 is 1.55 bits per heavy atom. The third kappa shape index (κ3) is 3.74. The van der Waals surface area contributed by atoms with E-state index in [1.54, 1.807) is 0 Å². The summed E-state index contributed by atoms with van der Waals surface area (Å²) in [5, 5.41) is 2.68. The first-order chi connectivity index (χ1) is 26.0. The van der Waals surface area contributed by atoms with E-state index in [4.69, 9.17) is 0 Å². The van der Waals surface area contributed by atoms with Gasteiger partial charge in [0.25, 0.3) is 0 Å². The van der Waals surface area contributed by atoms with Gasteiger partial charge >= 0.3 is 0 Å². The van der Waals surface area contributed by atoms with E-state index in [2.05, 4.69) is 164 Å². The van der Waals surface area contributed by atoms with Gasteiger partial charge in [-0.15, -0.1) is 11.3 Å². The highest BCUT2D eigenvalue weighted by Crippen LogP contribution is 2.63. The Labute approximate surface area is 312 Å². The largest absolute Gasteiger partial charge is 0.264 e. The number of thiophene rings is 1. The summed E-state index contributed by atoms with van der Waals surface area (Å²) < 4.78 is 2.68. The molecule has 0 fully saturated rings. The Bertz CT molecular complexity index is 2990. The number of fused-ring (bicyclic) bond motifs is 16. The first-order valence-electron chi connectivity index (χ1n) is 18.5. The lowest BCUT2D eigenvalue weighted by Gasteiger charge is -2.30. The maximum absolute atomic E-state index is 4.38. The molecule has 0 N–H and O–H groups in total. The molecule has 0 bridgehead atoms. The molecule has 2 aromatic heterocycles. The SMILES string of the molecule is CC1(C)c2cc(-c3cccnc3)ccc2-c2ccc(-c3ccc4sc5cc6c(cc5c4c3)C3(c4ccccc4-c4ccccc43)c3ccccc3-6)cc21. The third-order valence-corrected chi connectivity index (χ3v) is 13.7. The molecular weight excluding hydrogens is 659 g/mol. The van der Waals surface area contributed by atoms with E-state index in [1.165, 1.54) is 104 Å². The predicted octanol–water partition coefficient (Wildman–Crippen LogP) is 13.4. The van der Waals surface area contributed by atoms with Crippen molar-refractivity contribution in [2.24, 2.45) is 0 Å². The van der Waals surface area contributed by atoms with Gasteiger partial charge in [0.05, 0.1) is 5.41 Å². The van der Waals surface area contributed by atoms with Crippen LogP contribution in [0.2, 0.25) is 0 Å². The van der Waals surface area contributed by atoms with E-state index in [1.807, 2.05) is 29.8 Å². The van der Waals surface area contributed by atoms with Crippen LogP contribution < -0.4 is 0 Å². The molecule has 1 spiro atoms. The van der Waals surface area contributed by atoms with Gasteiger partial charge in [-0.05, 0) is 131 Å². The number of rotatable bonds is 2. The van der Waals surface area contributed by atoms with Crippen LogP contribution in [0.1, 0.15) is 47.2 Å². The molecule has 12 rings (SSSR count). The summed E-state index contributed by atoms with van der Waals surface area (Å²) >= 11 is 1.91. The molecule has 0 radical (unpaired) electrons. The second kappa shape index (κ2) is 10.3. The molecule has 9 aromatic rings. The second-order valence-corrected chi connectivity index (χ2v) is 16.6. The smallest absolute Gasteiger partial charge is 0.0725 e. The molecule has 0 unspecified atom stereocenters. The average Bonchev–Trinajstić information content (AvgIpc) is 3.88. The monoisotopic (exact) mass is 691 g/mol. The summed E-state index contributed by atoms with van der Waals surface area (Å²) in [6.07, 6.45) is 3.79. The first kappa shape index (κ1) is 29.5. The van der Waals surface area contributed by atoms with Crippen LogP contribution in [0.4, 0.5) is 0 Å². The van der Waals surface area contributed by atoms with E-state index in [0.717, 1.165) is 5.56 Å². The van der Waals surface area contributed by atoms with Crippen molar-refractivity contribution >= 4 is 31.5 Å². The Kier molecular flexibility index (Phi) is 5.72. The number of hydrogen-bond acceptors (Lipinski definition) is 2. The number of pyridine rings is 1. The van der Waals surface area contributed by atoms with Gasteiger partial charge in [-0.2, -0.15) is 0 Å². The molecule has 0 aliphatic heterocycles. The van der Waals surface area contributed by atoms with Gasteiger partial charge < -0.3 is 0 Å². The van der Waals surface area contributed by atoms with E-state index in [9.17, 15) is 0 Å². The number of benzene rings is 7. The van der Waals surface area contributed by atoms with Crippen LogP contribution in [0, 0.1) is 0 Å². The number of nitrogens with zero attached hydrogens (tertiary/aromatic N) is 1. The van der Waals surface area contributed by atoms with Crippen molar-refractivity contribution in [3.05, 3.63) is 197 Å². The Morgan fingerprint density at radius 2 is 0.925 bits per heavy atom. The topological polar surface area (TPSA) is 12.9 Å². The minimum absolute atomic E-state index is 0.115. The van der Waals surface area contributed by atoms with E-state index >= 15 is 0 Å². The molecule has 53 heavy (non-hydrogen) atoms. The van der Waals surface area contributed by atoms with Gasteiger partial charge in [-0.3, -0.25) is 4.98 Å². The quantitative estimate of drug-likeness (QED) is 0.176. The summed E-state index contributed by atoms with van der Waals surface area (Å²) in [4.78, 5) is 4.38. The number of aromatic nitrogens is 1.